The summed E-state index contributed by atoms with van der Waals surface area (Å²) < 4.78 is 46.0. The predicted molar refractivity (Wildman–Crippen MR) is 103 cm³/mol. The van der Waals surface area contributed by atoms with Crippen molar-refractivity contribution in [1.82, 2.24) is 4.90 Å². The molecule has 0 saturated heterocycles. The second-order valence-electron chi connectivity index (χ2n) is 6.20. The number of hydrogen-bond donors (Lipinski definition) is 2. The van der Waals surface area contributed by atoms with Crippen LogP contribution in [0.25, 0.3) is 0 Å². The van der Waals surface area contributed by atoms with E-state index in [9.17, 15) is 13.2 Å². The van der Waals surface area contributed by atoms with Gasteiger partial charge >= 0.3 is 6.36 Å². The molecule has 6 nitrogen and oxygen atoms in total. The zero-order valence-electron chi connectivity index (χ0n) is 15.7. The van der Waals surface area contributed by atoms with Crippen LogP contribution in [0.4, 0.5) is 18.9 Å². The summed E-state index contributed by atoms with van der Waals surface area (Å²) in [5.74, 6) is 0.587. The van der Waals surface area contributed by atoms with E-state index in [4.69, 9.17) is 10.5 Å². The van der Waals surface area contributed by atoms with Gasteiger partial charge in [0.05, 0.1) is 6.54 Å². The first-order chi connectivity index (χ1) is 13.2. The smallest absolute Gasteiger partial charge is 0.492 e. The first-order valence-corrected chi connectivity index (χ1v) is 8.50. The number of likely N-dealkylation sites (N-methyl/N-ethyl adjacent to an activating group) is 1. The van der Waals surface area contributed by atoms with Crippen molar-refractivity contribution in [3.63, 3.8) is 0 Å². The van der Waals surface area contributed by atoms with Gasteiger partial charge in [0, 0.05) is 12.2 Å². The predicted octanol–water partition coefficient (Wildman–Crippen LogP) is 3.45. The first-order valence-electron chi connectivity index (χ1n) is 8.50. The highest BCUT2D eigenvalue weighted by atomic mass is 19.4. The minimum Gasteiger partial charge on any atom is -0.492 e. The van der Waals surface area contributed by atoms with Gasteiger partial charge in [0.1, 0.15) is 18.1 Å². The van der Waals surface area contributed by atoms with Crippen LogP contribution < -0.4 is 20.5 Å². The van der Waals surface area contributed by atoms with Gasteiger partial charge in [-0.15, -0.1) is 13.2 Å². The first kappa shape index (κ1) is 21.4. The van der Waals surface area contributed by atoms with Crippen LogP contribution in [0.2, 0.25) is 0 Å². The summed E-state index contributed by atoms with van der Waals surface area (Å²) in [4.78, 5) is 6.26. The van der Waals surface area contributed by atoms with E-state index in [0.29, 0.717) is 18.8 Å². The van der Waals surface area contributed by atoms with Crippen molar-refractivity contribution >= 4 is 11.6 Å². The number of halogens is 3. The van der Waals surface area contributed by atoms with Gasteiger partial charge in [0.2, 0.25) is 0 Å². The molecule has 0 radical (unpaired) electrons. The fraction of sp³-hybridized carbons (Fsp3) is 0.316. The maximum Gasteiger partial charge on any atom is 0.573 e. The van der Waals surface area contributed by atoms with E-state index < -0.39 is 6.36 Å². The average Bonchev–Trinajstić information content (AvgIpc) is 2.60. The van der Waals surface area contributed by atoms with Crippen LogP contribution >= 0.6 is 0 Å². The Hall–Kier alpha value is -2.94. The standard InChI is InChI=1S/C19H23F3N4O2/c1-26(2)10-11-27-17-5-3-4-14(12-17)13-24-18(23)25-15-6-8-16(9-7-15)28-19(20,21)22/h3-9,12H,10-11,13H2,1-2H3,(H3,23,24,25). The molecular weight excluding hydrogens is 373 g/mol. The van der Waals surface area contributed by atoms with Gasteiger partial charge < -0.3 is 25.4 Å². The van der Waals surface area contributed by atoms with Gasteiger partial charge in [0.25, 0.3) is 0 Å². The number of guanidine groups is 1. The van der Waals surface area contributed by atoms with E-state index in [2.05, 4.69) is 15.0 Å². The molecule has 0 aliphatic rings. The van der Waals surface area contributed by atoms with Crippen LogP contribution in [0.3, 0.4) is 0 Å². The fourth-order valence-electron chi connectivity index (χ4n) is 2.18. The third kappa shape index (κ3) is 8.17. The summed E-state index contributed by atoms with van der Waals surface area (Å²) in [7, 11) is 3.95. The number of hydrogen-bond acceptors (Lipinski definition) is 4. The number of benzene rings is 2. The minimum atomic E-state index is -4.72. The van der Waals surface area contributed by atoms with Crippen molar-refractivity contribution in [3.8, 4) is 11.5 Å². The summed E-state index contributed by atoms with van der Waals surface area (Å²) in [6.45, 7) is 1.72. The van der Waals surface area contributed by atoms with Gasteiger partial charge in [0.15, 0.2) is 5.96 Å². The second-order valence-corrected chi connectivity index (χ2v) is 6.20. The molecule has 0 bridgehead atoms. The number of nitrogens with zero attached hydrogens (tertiary/aromatic N) is 2. The lowest BCUT2D eigenvalue weighted by Gasteiger charge is -2.11. The highest BCUT2D eigenvalue weighted by molar-refractivity contribution is 5.92. The third-order valence-corrected chi connectivity index (χ3v) is 3.50. The Kier molecular flexibility index (Phi) is 7.51. The van der Waals surface area contributed by atoms with E-state index >= 15 is 0 Å². The average molecular weight is 396 g/mol. The molecule has 2 rings (SSSR count). The molecule has 3 N–H and O–H groups in total. The second kappa shape index (κ2) is 9.84. The Morgan fingerprint density at radius 1 is 1.11 bits per heavy atom. The molecule has 9 heteroatoms. The highest BCUT2D eigenvalue weighted by Gasteiger charge is 2.30. The lowest BCUT2D eigenvalue weighted by Crippen LogP contribution is -2.22. The molecule has 2 aromatic carbocycles. The fourth-order valence-corrected chi connectivity index (χ4v) is 2.18. The Balaban J connectivity index is 1.88. The molecule has 0 aliphatic heterocycles. The van der Waals surface area contributed by atoms with Gasteiger partial charge in [-0.1, -0.05) is 12.1 Å². The lowest BCUT2D eigenvalue weighted by molar-refractivity contribution is -0.274. The Morgan fingerprint density at radius 2 is 1.82 bits per heavy atom. The molecule has 28 heavy (non-hydrogen) atoms. The van der Waals surface area contributed by atoms with Gasteiger partial charge in [-0.2, -0.15) is 0 Å². The van der Waals surface area contributed by atoms with Crippen molar-refractivity contribution in [2.75, 3.05) is 32.6 Å². The maximum absolute atomic E-state index is 12.2. The van der Waals surface area contributed by atoms with E-state index in [1.807, 2.05) is 43.3 Å². The summed E-state index contributed by atoms with van der Waals surface area (Å²) in [5, 5.41) is 2.82. The minimum absolute atomic E-state index is 0.142. The van der Waals surface area contributed by atoms with Crippen LogP contribution in [0.1, 0.15) is 5.56 Å². The Morgan fingerprint density at radius 3 is 2.46 bits per heavy atom. The number of alkyl halides is 3. The number of rotatable bonds is 8. The number of nitrogens with one attached hydrogen (secondary N) is 1. The highest BCUT2D eigenvalue weighted by Crippen LogP contribution is 2.23. The lowest BCUT2D eigenvalue weighted by atomic mass is 10.2. The zero-order chi connectivity index (χ0) is 20.6. The molecule has 0 spiro atoms. The van der Waals surface area contributed by atoms with E-state index in [0.717, 1.165) is 17.9 Å². The van der Waals surface area contributed by atoms with E-state index in [1.54, 1.807) is 0 Å². The van der Waals surface area contributed by atoms with Crippen LogP contribution in [0.15, 0.2) is 53.5 Å². The SMILES string of the molecule is CN(C)CCOc1cccc(CN=C(N)Nc2ccc(OC(F)(F)F)cc2)c1. The van der Waals surface area contributed by atoms with Crippen molar-refractivity contribution in [3.05, 3.63) is 54.1 Å². The molecule has 0 aliphatic carbocycles. The van der Waals surface area contributed by atoms with Crippen LogP contribution in [-0.4, -0.2) is 44.5 Å². The van der Waals surface area contributed by atoms with E-state index in [-0.39, 0.29) is 11.7 Å². The maximum atomic E-state index is 12.2. The van der Waals surface area contributed by atoms with Gasteiger partial charge in [-0.05, 0) is 56.1 Å². The summed E-state index contributed by atoms with van der Waals surface area (Å²) in [6, 6.07) is 12.8. The largest absolute Gasteiger partial charge is 0.573 e. The number of nitrogens with two attached hydrogens (primary N) is 1. The summed E-state index contributed by atoms with van der Waals surface area (Å²) >= 11 is 0. The van der Waals surface area contributed by atoms with Crippen LogP contribution in [0.5, 0.6) is 11.5 Å². The molecule has 2 aromatic rings. The van der Waals surface area contributed by atoms with Crippen molar-refractivity contribution in [2.45, 2.75) is 12.9 Å². The molecule has 0 fully saturated rings. The molecule has 0 amide bonds. The monoisotopic (exact) mass is 396 g/mol. The quantitative estimate of drug-likeness (QED) is 0.528. The molecule has 152 valence electrons. The zero-order valence-corrected chi connectivity index (χ0v) is 15.7. The molecule has 0 unspecified atom stereocenters. The van der Waals surface area contributed by atoms with Crippen molar-refractivity contribution in [1.29, 1.82) is 0 Å². The van der Waals surface area contributed by atoms with Gasteiger partial charge in [-0.25, -0.2) is 4.99 Å². The molecule has 0 saturated carbocycles. The van der Waals surface area contributed by atoms with Crippen molar-refractivity contribution < 1.29 is 22.6 Å². The van der Waals surface area contributed by atoms with Crippen molar-refractivity contribution in [2.24, 2.45) is 10.7 Å². The van der Waals surface area contributed by atoms with E-state index in [1.165, 1.54) is 24.3 Å². The Bertz CT molecular complexity index is 777. The normalized spacial score (nSPS) is 12.1. The summed E-state index contributed by atoms with van der Waals surface area (Å²) in [5.41, 5.74) is 7.25. The Labute approximate surface area is 161 Å². The third-order valence-electron chi connectivity index (χ3n) is 3.50. The molecule has 0 atom stereocenters. The number of aliphatic imine (C=N–C) groups is 1. The number of ether oxygens (including phenoxy) is 2. The molecular formula is C19H23F3N4O2. The van der Waals surface area contributed by atoms with Crippen LogP contribution in [0, 0.1) is 0 Å². The summed E-state index contributed by atoms with van der Waals surface area (Å²) in [6.07, 6.45) is -4.72. The molecule has 0 heterocycles. The number of anilines is 1. The van der Waals surface area contributed by atoms with Gasteiger partial charge in [-0.3, -0.25) is 0 Å². The molecule has 0 aromatic heterocycles. The van der Waals surface area contributed by atoms with Crippen LogP contribution in [-0.2, 0) is 6.54 Å². The topological polar surface area (TPSA) is 72.1 Å².